The fourth-order valence-electron chi connectivity index (χ4n) is 3.10. The zero-order valence-electron chi connectivity index (χ0n) is 17.2. The molecule has 2 aromatic carbocycles. The average Bonchev–Trinajstić information content (AvgIpc) is 3.24. The summed E-state index contributed by atoms with van der Waals surface area (Å²) in [6.07, 6.45) is 0.966. The lowest BCUT2D eigenvalue weighted by Gasteiger charge is -2.14. The molecule has 0 aliphatic carbocycles. The van der Waals surface area contributed by atoms with E-state index in [1.165, 1.54) is 0 Å². The first-order valence-electron chi connectivity index (χ1n) is 9.46. The minimum atomic E-state index is -0.343. The van der Waals surface area contributed by atoms with Gasteiger partial charge in [-0.2, -0.15) is 0 Å². The molecule has 0 unspecified atom stereocenters. The van der Waals surface area contributed by atoms with Gasteiger partial charge in [0.15, 0.2) is 5.76 Å². The summed E-state index contributed by atoms with van der Waals surface area (Å²) >= 11 is 0. The molecule has 0 bridgehead atoms. The molecule has 0 saturated carbocycles. The molecule has 0 fully saturated rings. The van der Waals surface area contributed by atoms with Crippen molar-refractivity contribution in [2.45, 2.75) is 12.8 Å². The molecule has 0 radical (unpaired) electrons. The molecule has 7 nitrogen and oxygen atoms in total. The van der Waals surface area contributed by atoms with E-state index in [9.17, 15) is 4.79 Å². The maximum Gasteiger partial charge on any atom is 0.291 e. The van der Waals surface area contributed by atoms with Crippen molar-refractivity contribution in [3.05, 3.63) is 71.2 Å². The molecule has 0 atom stereocenters. The van der Waals surface area contributed by atoms with Crippen LogP contribution in [0.25, 0.3) is 0 Å². The quantitative estimate of drug-likeness (QED) is 0.558. The standard InChI is InChI=1S/C23H25NO6/c1-27-18-13-21(28-2)19(22(14-18)29-3)12-17-8-9-20(30-17)23(26)24-16-6-4-15(5-7-16)10-11-25/h4-9,13-14,25H,10-12H2,1-3H3,(H,24,26). The van der Waals surface area contributed by atoms with E-state index in [0.29, 0.717) is 41.5 Å². The number of amides is 1. The van der Waals surface area contributed by atoms with Crippen molar-refractivity contribution >= 4 is 11.6 Å². The molecule has 0 aliphatic rings. The SMILES string of the molecule is COc1cc(OC)c(Cc2ccc(C(=O)Nc3ccc(CCO)cc3)o2)c(OC)c1. The molecule has 30 heavy (non-hydrogen) atoms. The molecule has 1 heterocycles. The first-order chi connectivity index (χ1) is 14.6. The van der Waals surface area contributed by atoms with Crippen LogP contribution in [0.3, 0.4) is 0 Å². The van der Waals surface area contributed by atoms with Gasteiger partial charge in [0.05, 0.1) is 21.3 Å². The van der Waals surface area contributed by atoms with Gasteiger partial charge < -0.3 is 29.1 Å². The van der Waals surface area contributed by atoms with Gasteiger partial charge in [-0.25, -0.2) is 0 Å². The smallest absolute Gasteiger partial charge is 0.291 e. The Morgan fingerprint density at radius 2 is 1.63 bits per heavy atom. The minimum absolute atomic E-state index is 0.0879. The maximum absolute atomic E-state index is 12.5. The topological polar surface area (TPSA) is 90.2 Å². The number of benzene rings is 2. The molecule has 2 N–H and O–H groups in total. The van der Waals surface area contributed by atoms with Crippen molar-refractivity contribution in [1.29, 1.82) is 0 Å². The number of carbonyl (C=O) groups is 1. The van der Waals surface area contributed by atoms with Gasteiger partial charge in [0.1, 0.15) is 23.0 Å². The maximum atomic E-state index is 12.5. The van der Waals surface area contributed by atoms with Crippen LogP contribution < -0.4 is 19.5 Å². The van der Waals surface area contributed by atoms with Crippen LogP contribution in [-0.2, 0) is 12.8 Å². The van der Waals surface area contributed by atoms with Crippen molar-refractivity contribution in [2.75, 3.05) is 33.3 Å². The fourth-order valence-corrected chi connectivity index (χ4v) is 3.10. The number of hydrogen-bond acceptors (Lipinski definition) is 6. The highest BCUT2D eigenvalue weighted by Crippen LogP contribution is 2.35. The molecule has 0 aliphatic heterocycles. The number of carbonyl (C=O) groups excluding carboxylic acids is 1. The van der Waals surface area contributed by atoms with Crippen LogP contribution in [-0.4, -0.2) is 38.9 Å². The summed E-state index contributed by atoms with van der Waals surface area (Å²) in [5.74, 6) is 2.30. The Kier molecular flexibility index (Phi) is 6.98. The highest BCUT2D eigenvalue weighted by molar-refractivity contribution is 6.02. The van der Waals surface area contributed by atoms with Crippen molar-refractivity contribution < 1.29 is 28.5 Å². The summed E-state index contributed by atoms with van der Waals surface area (Å²) in [7, 11) is 4.72. The van der Waals surface area contributed by atoms with Crippen LogP contribution in [0.15, 0.2) is 52.9 Å². The molecule has 0 spiro atoms. The zero-order valence-corrected chi connectivity index (χ0v) is 17.2. The Hall–Kier alpha value is -3.45. The van der Waals surface area contributed by atoms with E-state index in [1.807, 2.05) is 12.1 Å². The number of rotatable bonds is 9. The van der Waals surface area contributed by atoms with E-state index in [2.05, 4.69) is 5.32 Å². The van der Waals surface area contributed by atoms with Crippen LogP contribution in [0.5, 0.6) is 17.2 Å². The van der Waals surface area contributed by atoms with Gasteiger partial charge in [-0.3, -0.25) is 4.79 Å². The first-order valence-corrected chi connectivity index (χ1v) is 9.46. The van der Waals surface area contributed by atoms with Crippen molar-refractivity contribution in [3.63, 3.8) is 0 Å². The second-order valence-electron chi connectivity index (χ2n) is 6.58. The number of nitrogens with one attached hydrogen (secondary N) is 1. The van der Waals surface area contributed by atoms with Gasteiger partial charge >= 0.3 is 0 Å². The fraction of sp³-hybridized carbons (Fsp3) is 0.261. The molecule has 158 valence electrons. The molecule has 3 rings (SSSR count). The summed E-state index contributed by atoms with van der Waals surface area (Å²) < 4.78 is 22.0. The second kappa shape index (κ2) is 9.84. The Bertz CT molecular complexity index is 968. The van der Waals surface area contributed by atoms with Crippen molar-refractivity contribution in [1.82, 2.24) is 0 Å². The molecule has 3 aromatic rings. The van der Waals surface area contributed by atoms with E-state index >= 15 is 0 Å². The monoisotopic (exact) mass is 411 g/mol. The summed E-state index contributed by atoms with van der Waals surface area (Å²) in [6.45, 7) is 0.0879. The third-order valence-corrected chi connectivity index (χ3v) is 4.67. The lowest BCUT2D eigenvalue weighted by molar-refractivity contribution is 0.0995. The highest BCUT2D eigenvalue weighted by Gasteiger charge is 2.17. The molecule has 1 amide bonds. The normalized spacial score (nSPS) is 10.5. The predicted molar refractivity (Wildman–Crippen MR) is 113 cm³/mol. The largest absolute Gasteiger partial charge is 0.496 e. The molecule has 1 aromatic heterocycles. The Morgan fingerprint density at radius 3 is 2.20 bits per heavy atom. The van der Waals surface area contributed by atoms with E-state index in [-0.39, 0.29) is 18.3 Å². The number of anilines is 1. The van der Waals surface area contributed by atoms with Crippen LogP contribution in [0, 0.1) is 0 Å². The molecule has 0 saturated heterocycles. The lowest BCUT2D eigenvalue weighted by Crippen LogP contribution is -2.10. The van der Waals surface area contributed by atoms with Crippen LogP contribution in [0.1, 0.15) is 27.4 Å². The van der Waals surface area contributed by atoms with Gasteiger partial charge in [0.2, 0.25) is 0 Å². The molecular weight excluding hydrogens is 386 g/mol. The number of hydrogen-bond donors (Lipinski definition) is 2. The first kappa shape index (κ1) is 21.3. The van der Waals surface area contributed by atoms with E-state index < -0.39 is 0 Å². The Balaban J connectivity index is 1.74. The zero-order chi connectivity index (χ0) is 21.5. The van der Waals surface area contributed by atoms with Gasteiger partial charge in [-0.1, -0.05) is 12.1 Å². The van der Waals surface area contributed by atoms with Crippen LogP contribution in [0.4, 0.5) is 5.69 Å². The van der Waals surface area contributed by atoms with Gasteiger partial charge in [-0.05, 0) is 36.2 Å². The minimum Gasteiger partial charge on any atom is -0.496 e. The number of aliphatic hydroxyl groups is 1. The number of methoxy groups -OCH3 is 3. The second-order valence-corrected chi connectivity index (χ2v) is 6.58. The average molecular weight is 411 g/mol. The number of ether oxygens (including phenoxy) is 3. The van der Waals surface area contributed by atoms with Crippen LogP contribution in [0.2, 0.25) is 0 Å². The lowest BCUT2D eigenvalue weighted by atomic mass is 10.1. The van der Waals surface area contributed by atoms with Crippen molar-refractivity contribution in [3.8, 4) is 17.2 Å². The summed E-state index contributed by atoms with van der Waals surface area (Å²) in [6, 6.07) is 14.2. The summed E-state index contributed by atoms with van der Waals surface area (Å²) in [4.78, 5) is 12.5. The molecular formula is C23H25NO6. The van der Waals surface area contributed by atoms with Crippen LogP contribution >= 0.6 is 0 Å². The van der Waals surface area contributed by atoms with Gasteiger partial charge in [0, 0.05) is 36.4 Å². The van der Waals surface area contributed by atoms with E-state index in [4.69, 9.17) is 23.7 Å². The van der Waals surface area contributed by atoms with E-state index in [1.54, 1.807) is 57.7 Å². The highest BCUT2D eigenvalue weighted by atomic mass is 16.5. The summed E-state index contributed by atoms with van der Waals surface area (Å²) in [5, 5.41) is 11.8. The van der Waals surface area contributed by atoms with Gasteiger partial charge in [-0.15, -0.1) is 0 Å². The number of aliphatic hydroxyl groups excluding tert-OH is 1. The van der Waals surface area contributed by atoms with Crippen molar-refractivity contribution in [2.24, 2.45) is 0 Å². The van der Waals surface area contributed by atoms with Gasteiger partial charge in [0.25, 0.3) is 5.91 Å². The summed E-state index contributed by atoms with van der Waals surface area (Å²) in [5.41, 5.74) is 2.44. The predicted octanol–water partition coefficient (Wildman–Crippen LogP) is 3.68. The molecule has 7 heteroatoms. The Morgan fingerprint density at radius 1 is 0.967 bits per heavy atom. The van der Waals surface area contributed by atoms with E-state index in [0.717, 1.165) is 11.1 Å². The third kappa shape index (κ3) is 4.93. The third-order valence-electron chi connectivity index (χ3n) is 4.67. The Labute approximate surface area is 175 Å². The number of furan rings is 1.